The van der Waals surface area contributed by atoms with Crippen LogP contribution < -0.4 is 9.62 Å². The number of nitrogens with zero attached hydrogens (tertiary/aromatic N) is 2. The highest BCUT2D eigenvalue weighted by molar-refractivity contribution is 7.92. The fraction of sp³-hybridized carbons (Fsp3) is 0.333. The van der Waals surface area contributed by atoms with Crippen LogP contribution in [0.2, 0.25) is 5.02 Å². The molecule has 0 aliphatic carbocycles. The molecular formula is C30H36ClN3O4S. The summed E-state index contributed by atoms with van der Waals surface area (Å²) in [6.45, 7) is 10.7. The van der Waals surface area contributed by atoms with Gasteiger partial charge in [-0.2, -0.15) is 0 Å². The molecule has 0 spiro atoms. The Morgan fingerprint density at radius 1 is 0.872 bits per heavy atom. The highest BCUT2D eigenvalue weighted by Crippen LogP contribution is 2.26. The van der Waals surface area contributed by atoms with Crippen molar-refractivity contribution in [2.24, 2.45) is 0 Å². The minimum absolute atomic E-state index is 0.00360. The molecule has 0 radical (unpaired) electrons. The van der Waals surface area contributed by atoms with Crippen molar-refractivity contribution >= 4 is 39.1 Å². The number of anilines is 1. The molecule has 3 rings (SSSR count). The van der Waals surface area contributed by atoms with E-state index in [-0.39, 0.29) is 17.3 Å². The second-order valence-corrected chi connectivity index (χ2v) is 13.0. The molecule has 0 saturated heterocycles. The average molecular weight is 570 g/mol. The zero-order valence-electron chi connectivity index (χ0n) is 23.2. The van der Waals surface area contributed by atoms with Crippen LogP contribution in [0.5, 0.6) is 0 Å². The van der Waals surface area contributed by atoms with Crippen LogP contribution in [0.25, 0.3) is 0 Å². The van der Waals surface area contributed by atoms with Crippen molar-refractivity contribution in [1.82, 2.24) is 10.2 Å². The maximum atomic E-state index is 13.9. The number of sulfonamides is 1. The fourth-order valence-electron chi connectivity index (χ4n) is 3.92. The first kappa shape index (κ1) is 30.2. The van der Waals surface area contributed by atoms with Gasteiger partial charge in [0.05, 0.1) is 10.6 Å². The summed E-state index contributed by atoms with van der Waals surface area (Å²) in [5.41, 5.74) is 2.67. The summed E-state index contributed by atoms with van der Waals surface area (Å²) < 4.78 is 28.7. The number of halogens is 1. The molecule has 3 aromatic rings. The number of hydrogen-bond acceptors (Lipinski definition) is 4. The van der Waals surface area contributed by atoms with Gasteiger partial charge in [0.1, 0.15) is 12.6 Å². The van der Waals surface area contributed by atoms with Crippen molar-refractivity contribution in [3.05, 3.63) is 94.5 Å². The molecule has 0 bridgehead atoms. The molecule has 1 atom stereocenters. The number of benzene rings is 3. The number of aryl methyl sites for hydroxylation is 2. The second kappa shape index (κ2) is 12.2. The molecular weight excluding hydrogens is 534 g/mol. The zero-order valence-corrected chi connectivity index (χ0v) is 24.8. The van der Waals surface area contributed by atoms with Gasteiger partial charge in [-0.15, -0.1) is 0 Å². The number of rotatable bonds is 9. The smallest absolute Gasteiger partial charge is 0.264 e. The summed E-state index contributed by atoms with van der Waals surface area (Å²) in [4.78, 5) is 28.5. The maximum absolute atomic E-state index is 13.9. The van der Waals surface area contributed by atoms with E-state index in [0.717, 1.165) is 21.0 Å². The minimum Gasteiger partial charge on any atom is -0.350 e. The van der Waals surface area contributed by atoms with Crippen LogP contribution in [-0.2, 0) is 26.2 Å². The lowest BCUT2D eigenvalue weighted by molar-refractivity contribution is -0.140. The fourth-order valence-corrected chi connectivity index (χ4v) is 5.46. The number of amides is 2. The van der Waals surface area contributed by atoms with E-state index in [2.05, 4.69) is 5.32 Å². The van der Waals surface area contributed by atoms with E-state index >= 15 is 0 Å². The van der Waals surface area contributed by atoms with Crippen LogP contribution in [0.4, 0.5) is 5.69 Å². The van der Waals surface area contributed by atoms with Crippen LogP contribution >= 0.6 is 11.6 Å². The Morgan fingerprint density at radius 2 is 1.38 bits per heavy atom. The molecule has 2 amide bonds. The summed E-state index contributed by atoms with van der Waals surface area (Å²) in [5.74, 6) is -0.837. The lowest BCUT2D eigenvalue weighted by atomic mass is 10.1. The summed E-state index contributed by atoms with van der Waals surface area (Å²) >= 11 is 5.99. The summed E-state index contributed by atoms with van der Waals surface area (Å²) in [6, 6.07) is 19.5. The Kier molecular flexibility index (Phi) is 9.46. The Hall–Kier alpha value is -3.36. The van der Waals surface area contributed by atoms with Crippen molar-refractivity contribution in [3.63, 3.8) is 0 Å². The van der Waals surface area contributed by atoms with Gasteiger partial charge in [-0.25, -0.2) is 8.42 Å². The van der Waals surface area contributed by atoms with Gasteiger partial charge in [0.25, 0.3) is 10.0 Å². The topological polar surface area (TPSA) is 86.8 Å². The SMILES string of the molecule is Cc1ccc(CN(C(=O)CN(c2ccc(C)cc2)S(=O)(=O)c2ccc(Cl)cc2)[C@H](C)C(=O)NC(C)(C)C)cc1. The molecule has 208 valence electrons. The molecule has 0 heterocycles. The molecule has 0 unspecified atom stereocenters. The van der Waals surface area contributed by atoms with Gasteiger partial charge in [0, 0.05) is 17.1 Å². The van der Waals surface area contributed by atoms with E-state index in [9.17, 15) is 18.0 Å². The van der Waals surface area contributed by atoms with Gasteiger partial charge < -0.3 is 10.2 Å². The molecule has 0 fully saturated rings. The van der Waals surface area contributed by atoms with Gasteiger partial charge in [-0.1, -0.05) is 59.1 Å². The number of nitrogens with one attached hydrogen (secondary N) is 1. The first-order valence-electron chi connectivity index (χ1n) is 12.7. The highest BCUT2D eigenvalue weighted by atomic mass is 35.5. The standard InChI is InChI=1S/C30H36ClN3O4S/c1-21-7-11-24(12-8-21)19-33(23(3)29(36)32-30(4,5)6)28(35)20-34(26-15-9-22(2)10-16-26)39(37,38)27-17-13-25(31)14-18-27/h7-18,23H,19-20H2,1-6H3,(H,32,36)/t23-/m1/s1. The van der Waals surface area contributed by atoms with Crippen LogP contribution in [0, 0.1) is 13.8 Å². The number of carbonyl (C=O) groups excluding carboxylic acids is 2. The van der Waals surface area contributed by atoms with E-state index in [1.165, 1.54) is 29.2 Å². The Labute approximate surface area is 236 Å². The molecule has 0 aliphatic heterocycles. The molecule has 39 heavy (non-hydrogen) atoms. The van der Waals surface area contributed by atoms with Crippen LogP contribution in [0.15, 0.2) is 77.7 Å². The van der Waals surface area contributed by atoms with E-state index < -0.39 is 34.1 Å². The van der Waals surface area contributed by atoms with Gasteiger partial charge in [-0.3, -0.25) is 13.9 Å². The molecule has 0 aliphatic rings. The third kappa shape index (κ3) is 8.07. The molecule has 0 saturated carbocycles. The van der Waals surface area contributed by atoms with Gasteiger partial charge in [-0.05, 0) is 83.5 Å². The molecule has 3 aromatic carbocycles. The predicted molar refractivity (Wildman–Crippen MR) is 156 cm³/mol. The lowest BCUT2D eigenvalue weighted by Gasteiger charge is -2.33. The average Bonchev–Trinajstić information content (AvgIpc) is 2.86. The van der Waals surface area contributed by atoms with Crippen molar-refractivity contribution in [2.45, 2.75) is 64.6 Å². The summed E-state index contributed by atoms with van der Waals surface area (Å²) in [5, 5.41) is 3.32. The normalized spacial score (nSPS) is 12.5. The zero-order chi connectivity index (χ0) is 29.0. The Morgan fingerprint density at radius 3 is 1.90 bits per heavy atom. The molecule has 1 N–H and O–H groups in total. The predicted octanol–water partition coefficient (Wildman–Crippen LogP) is 5.48. The van der Waals surface area contributed by atoms with Crippen LogP contribution in [0.1, 0.15) is 44.4 Å². The lowest BCUT2D eigenvalue weighted by Crippen LogP contribution is -2.54. The maximum Gasteiger partial charge on any atom is 0.264 e. The van der Waals surface area contributed by atoms with E-state index in [4.69, 9.17) is 11.6 Å². The van der Waals surface area contributed by atoms with Crippen LogP contribution in [0.3, 0.4) is 0 Å². The quantitative estimate of drug-likeness (QED) is 0.369. The third-order valence-electron chi connectivity index (χ3n) is 6.14. The van der Waals surface area contributed by atoms with E-state index in [1.807, 2.05) is 58.9 Å². The monoisotopic (exact) mass is 569 g/mol. The van der Waals surface area contributed by atoms with Crippen molar-refractivity contribution in [1.29, 1.82) is 0 Å². The molecule has 7 nitrogen and oxygen atoms in total. The first-order valence-corrected chi connectivity index (χ1v) is 14.5. The van der Waals surface area contributed by atoms with E-state index in [1.54, 1.807) is 31.2 Å². The summed E-state index contributed by atoms with van der Waals surface area (Å²) in [7, 11) is -4.14. The number of hydrogen-bond donors (Lipinski definition) is 1. The second-order valence-electron chi connectivity index (χ2n) is 10.7. The van der Waals surface area contributed by atoms with Crippen molar-refractivity contribution in [2.75, 3.05) is 10.8 Å². The van der Waals surface area contributed by atoms with E-state index in [0.29, 0.717) is 10.7 Å². The molecule has 0 aromatic heterocycles. The Bertz CT molecular complexity index is 1400. The summed E-state index contributed by atoms with van der Waals surface area (Å²) in [6.07, 6.45) is 0. The van der Waals surface area contributed by atoms with Crippen LogP contribution in [-0.4, -0.2) is 43.3 Å². The highest BCUT2D eigenvalue weighted by Gasteiger charge is 2.33. The van der Waals surface area contributed by atoms with Gasteiger partial charge in [0.2, 0.25) is 11.8 Å². The van der Waals surface area contributed by atoms with Gasteiger partial charge >= 0.3 is 0 Å². The van der Waals surface area contributed by atoms with Gasteiger partial charge in [0.15, 0.2) is 0 Å². The Balaban J connectivity index is 2.02. The largest absolute Gasteiger partial charge is 0.350 e. The van der Waals surface area contributed by atoms with Crippen molar-refractivity contribution in [3.8, 4) is 0 Å². The number of carbonyl (C=O) groups is 2. The minimum atomic E-state index is -4.14. The third-order valence-corrected chi connectivity index (χ3v) is 8.18. The first-order chi connectivity index (χ1) is 18.2. The van der Waals surface area contributed by atoms with Crippen molar-refractivity contribution < 1.29 is 18.0 Å². The molecule has 9 heteroatoms.